The minimum Gasteiger partial charge on any atom is -0.487 e. The summed E-state index contributed by atoms with van der Waals surface area (Å²) in [5, 5.41) is 15.9. The van der Waals surface area contributed by atoms with E-state index in [1.54, 1.807) is 30.6 Å². The largest absolute Gasteiger partial charge is 0.487 e. The van der Waals surface area contributed by atoms with Crippen molar-refractivity contribution < 1.29 is 14.3 Å². The first-order chi connectivity index (χ1) is 18.5. The fourth-order valence-corrected chi connectivity index (χ4v) is 3.70. The van der Waals surface area contributed by atoms with Gasteiger partial charge in [-0.1, -0.05) is 41.1 Å². The minimum absolute atomic E-state index is 0.0473. The van der Waals surface area contributed by atoms with Crippen LogP contribution in [0.25, 0.3) is 10.9 Å². The number of hydrogen-bond acceptors (Lipinski definition) is 6. The average Bonchev–Trinajstić information content (AvgIpc) is 3.56. The van der Waals surface area contributed by atoms with Gasteiger partial charge in [-0.05, 0) is 61.0 Å². The molecule has 2 amide bonds. The van der Waals surface area contributed by atoms with Crippen LogP contribution in [0, 0.1) is 6.92 Å². The van der Waals surface area contributed by atoms with Gasteiger partial charge in [0.25, 0.3) is 5.91 Å². The van der Waals surface area contributed by atoms with E-state index in [4.69, 9.17) is 4.74 Å². The van der Waals surface area contributed by atoms with Gasteiger partial charge >= 0.3 is 0 Å². The first-order valence-corrected chi connectivity index (χ1v) is 11.9. The summed E-state index contributed by atoms with van der Waals surface area (Å²) in [4.78, 5) is 27.6. The highest BCUT2D eigenvalue weighted by Crippen LogP contribution is 2.15. The Morgan fingerprint density at radius 2 is 1.84 bits per heavy atom. The second-order valence-electron chi connectivity index (χ2n) is 8.65. The van der Waals surface area contributed by atoms with Crippen molar-refractivity contribution in [3.63, 3.8) is 0 Å². The lowest BCUT2D eigenvalue weighted by atomic mass is 10.2. The van der Waals surface area contributed by atoms with Crippen molar-refractivity contribution in [1.82, 2.24) is 25.4 Å². The molecule has 0 aliphatic heterocycles. The van der Waals surface area contributed by atoms with E-state index < -0.39 is 0 Å². The smallest absolute Gasteiger partial charge is 0.287 e. The van der Waals surface area contributed by atoms with Crippen molar-refractivity contribution in [2.45, 2.75) is 20.1 Å². The van der Waals surface area contributed by atoms with Crippen LogP contribution in [0.1, 0.15) is 27.3 Å². The number of H-pyrrole nitrogens is 1. The first kappa shape index (κ1) is 24.4. The van der Waals surface area contributed by atoms with Crippen molar-refractivity contribution in [2.75, 3.05) is 5.32 Å². The summed E-state index contributed by atoms with van der Waals surface area (Å²) in [5.41, 5.74) is 7.10. The summed E-state index contributed by atoms with van der Waals surface area (Å²) in [6.45, 7) is 2.24. The highest BCUT2D eigenvalue weighted by atomic mass is 16.5. The third-order valence-electron chi connectivity index (χ3n) is 5.65. The van der Waals surface area contributed by atoms with Crippen LogP contribution in [0.15, 0.2) is 90.2 Å². The van der Waals surface area contributed by atoms with Crippen LogP contribution in [0.4, 0.5) is 5.69 Å². The van der Waals surface area contributed by atoms with Crippen molar-refractivity contribution in [1.29, 1.82) is 0 Å². The van der Waals surface area contributed by atoms with Gasteiger partial charge in [-0.2, -0.15) is 5.10 Å². The molecule has 0 aliphatic rings. The highest BCUT2D eigenvalue weighted by molar-refractivity contribution is 5.98. The SMILES string of the molecule is Cc1ccc(NC(=O)Cn2cc(COc3ccc(/C=N/NC(=O)c4cc5ccccc5[nH]4)cc3)nn2)cc1. The number of hydrazone groups is 1. The van der Waals surface area contributed by atoms with E-state index in [9.17, 15) is 9.59 Å². The maximum atomic E-state index is 12.3. The van der Waals surface area contributed by atoms with Crippen LogP contribution in [-0.4, -0.2) is 38.0 Å². The number of aromatic amines is 1. The van der Waals surface area contributed by atoms with Gasteiger partial charge < -0.3 is 15.0 Å². The molecule has 10 nitrogen and oxygen atoms in total. The van der Waals surface area contributed by atoms with Gasteiger partial charge in [0.05, 0.1) is 12.4 Å². The molecule has 10 heteroatoms. The highest BCUT2D eigenvalue weighted by Gasteiger charge is 2.09. The maximum absolute atomic E-state index is 12.3. The van der Waals surface area contributed by atoms with Crippen LogP contribution in [0.2, 0.25) is 0 Å². The fourth-order valence-electron chi connectivity index (χ4n) is 3.70. The summed E-state index contributed by atoms with van der Waals surface area (Å²) in [6, 6.07) is 24.3. The van der Waals surface area contributed by atoms with Gasteiger partial charge in [-0.15, -0.1) is 5.10 Å². The topological polar surface area (TPSA) is 126 Å². The zero-order chi connectivity index (χ0) is 26.3. The number of nitrogens with zero attached hydrogens (tertiary/aromatic N) is 4. The molecular weight excluding hydrogens is 482 g/mol. The van der Waals surface area contributed by atoms with Crippen molar-refractivity contribution in [2.24, 2.45) is 5.10 Å². The normalized spacial score (nSPS) is 11.1. The van der Waals surface area contributed by atoms with Crippen molar-refractivity contribution in [3.8, 4) is 5.75 Å². The van der Waals surface area contributed by atoms with Crippen molar-refractivity contribution >= 4 is 34.6 Å². The second kappa shape index (κ2) is 11.2. The van der Waals surface area contributed by atoms with E-state index in [2.05, 4.69) is 31.1 Å². The molecule has 0 unspecified atom stereocenters. The standard InChI is InChI=1S/C28H25N7O3/c1-19-6-10-22(11-7-19)30-27(36)17-35-16-23(32-34-35)18-38-24-12-8-20(9-13-24)15-29-33-28(37)26-14-21-4-2-3-5-25(21)31-26/h2-16,31H,17-18H2,1H3,(H,30,36)(H,33,37)/b29-15+. The number of benzene rings is 3. The zero-order valence-corrected chi connectivity index (χ0v) is 20.6. The first-order valence-electron chi connectivity index (χ1n) is 11.9. The van der Waals surface area contributed by atoms with Gasteiger partial charge in [-0.3, -0.25) is 9.59 Å². The predicted molar refractivity (Wildman–Crippen MR) is 144 cm³/mol. The minimum atomic E-state index is -0.321. The second-order valence-corrected chi connectivity index (χ2v) is 8.65. The molecule has 0 saturated carbocycles. The van der Waals surface area contributed by atoms with Crippen LogP contribution in [-0.2, 0) is 17.9 Å². The quantitative estimate of drug-likeness (QED) is 0.205. The molecule has 0 aliphatic carbocycles. The molecule has 3 aromatic carbocycles. The molecule has 3 N–H and O–H groups in total. The number of fused-ring (bicyclic) bond motifs is 1. The van der Waals surface area contributed by atoms with E-state index in [0.717, 1.165) is 27.7 Å². The van der Waals surface area contributed by atoms with Crippen molar-refractivity contribution in [3.05, 3.63) is 108 Å². The molecule has 0 atom stereocenters. The van der Waals surface area contributed by atoms with E-state index in [-0.39, 0.29) is 25.0 Å². The number of carbonyl (C=O) groups excluding carboxylic acids is 2. The van der Waals surface area contributed by atoms with E-state index in [1.165, 1.54) is 4.68 Å². The average molecular weight is 508 g/mol. The summed E-state index contributed by atoms with van der Waals surface area (Å²) in [6.07, 6.45) is 3.23. The van der Waals surface area contributed by atoms with E-state index in [0.29, 0.717) is 17.1 Å². The number of nitrogens with one attached hydrogen (secondary N) is 3. The number of amides is 2. The summed E-state index contributed by atoms with van der Waals surface area (Å²) < 4.78 is 7.23. The van der Waals surface area contributed by atoms with Crippen LogP contribution in [0.3, 0.4) is 0 Å². The summed E-state index contributed by atoms with van der Waals surface area (Å²) >= 11 is 0. The third kappa shape index (κ3) is 6.30. The molecule has 0 spiro atoms. The van der Waals surface area contributed by atoms with Gasteiger partial charge in [0.2, 0.25) is 5.91 Å². The number of anilines is 1. The maximum Gasteiger partial charge on any atom is 0.287 e. The Kier molecular flexibility index (Phi) is 7.21. The van der Waals surface area contributed by atoms with Gasteiger partial charge in [0, 0.05) is 16.6 Å². The number of aryl methyl sites for hydroxylation is 1. The molecule has 5 aromatic rings. The molecular formula is C28H25N7O3. The lowest BCUT2D eigenvalue weighted by molar-refractivity contribution is -0.116. The van der Waals surface area contributed by atoms with Crippen LogP contribution < -0.4 is 15.5 Å². The van der Waals surface area contributed by atoms with Gasteiger partial charge in [0.15, 0.2) is 0 Å². The monoisotopic (exact) mass is 507 g/mol. The molecule has 0 fully saturated rings. The third-order valence-corrected chi connectivity index (χ3v) is 5.65. The Labute approximate surface area is 218 Å². The van der Waals surface area contributed by atoms with Crippen LogP contribution in [0.5, 0.6) is 5.75 Å². The molecule has 0 radical (unpaired) electrons. The zero-order valence-electron chi connectivity index (χ0n) is 20.6. The molecule has 2 heterocycles. The number of ether oxygens (including phenoxy) is 1. The number of hydrogen-bond donors (Lipinski definition) is 3. The van der Waals surface area contributed by atoms with E-state index >= 15 is 0 Å². The number of carbonyl (C=O) groups is 2. The predicted octanol–water partition coefficient (Wildman–Crippen LogP) is 4.05. The Hall–Kier alpha value is -5.25. The van der Waals surface area contributed by atoms with Gasteiger partial charge in [-0.25, -0.2) is 10.1 Å². The molecule has 190 valence electrons. The summed E-state index contributed by atoms with van der Waals surface area (Å²) in [7, 11) is 0. The summed E-state index contributed by atoms with van der Waals surface area (Å²) in [5.74, 6) is 0.120. The lowest BCUT2D eigenvalue weighted by Gasteiger charge is -2.05. The molecule has 2 aromatic heterocycles. The number of rotatable bonds is 9. The molecule has 5 rings (SSSR count). The Morgan fingerprint density at radius 1 is 1.05 bits per heavy atom. The molecule has 0 bridgehead atoms. The Morgan fingerprint density at radius 3 is 2.63 bits per heavy atom. The van der Waals surface area contributed by atoms with Crippen LogP contribution >= 0.6 is 0 Å². The number of aromatic nitrogens is 4. The Balaban J connectivity index is 1.07. The van der Waals surface area contributed by atoms with E-state index in [1.807, 2.05) is 67.6 Å². The van der Waals surface area contributed by atoms with Gasteiger partial charge in [0.1, 0.15) is 30.3 Å². The number of para-hydroxylation sites is 1. The lowest BCUT2D eigenvalue weighted by Crippen LogP contribution is -2.19. The fraction of sp³-hybridized carbons (Fsp3) is 0.107. The molecule has 0 saturated heterocycles. The molecule has 38 heavy (non-hydrogen) atoms. The Bertz CT molecular complexity index is 1550.